The van der Waals surface area contributed by atoms with Crippen LogP contribution in [-0.4, -0.2) is 60.0 Å². The number of allylic oxidation sites excluding steroid dienone is 1. The van der Waals surface area contributed by atoms with E-state index in [9.17, 15) is 14.4 Å². The SMILES string of the molecule is CCc1nccn1-c1ccccc1C(=O)Nc1ccc(C(=O)N2CCC(F)(F)/C(=C\C(=O)NCCOC)c3ccccc32)cc1. The molecule has 0 atom stereocenters. The summed E-state index contributed by atoms with van der Waals surface area (Å²) in [6.45, 7) is 2.13. The van der Waals surface area contributed by atoms with Crippen LogP contribution in [0.4, 0.5) is 20.2 Å². The van der Waals surface area contributed by atoms with Crippen molar-refractivity contribution in [3.05, 3.63) is 114 Å². The van der Waals surface area contributed by atoms with Crippen LogP contribution >= 0.6 is 0 Å². The Labute approximate surface area is 259 Å². The van der Waals surface area contributed by atoms with E-state index in [-0.39, 0.29) is 42.4 Å². The molecule has 45 heavy (non-hydrogen) atoms. The van der Waals surface area contributed by atoms with Gasteiger partial charge in [-0.2, -0.15) is 0 Å². The van der Waals surface area contributed by atoms with E-state index in [1.807, 2.05) is 23.6 Å². The molecule has 0 saturated heterocycles. The van der Waals surface area contributed by atoms with Crippen LogP contribution in [-0.2, 0) is 16.0 Å². The highest BCUT2D eigenvalue weighted by Gasteiger charge is 2.41. The summed E-state index contributed by atoms with van der Waals surface area (Å²) in [6.07, 6.45) is 4.41. The summed E-state index contributed by atoms with van der Waals surface area (Å²) < 4.78 is 37.6. The maximum absolute atomic E-state index is 15.4. The first-order valence-electron chi connectivity index (χ1n) is 14.5. The number of ether oxygens (including phenoxy) is 1. The molecule has 2 N–H and O–H groups in total. The Kier molecular flexibility index (Phi) is 9.48. The second kappa shape index (κ2) is 13.6. The fourth-order valence-electron chi connectivity index (χ4n) is 5.24. The van der Waals surface area contributed by atoms with Gasteiger partial charge in [-0.05, 0) is 42.5 Å². The number of para-hydroxylation sites is 2. The lowest BCUT2D eigenvalue weighted by molar-refractivity contribution is -0.116. The Hall–Kier alpha value is -5.16. The van der Waals surface area contributed by atoms with E-state index in [1.54, 1.807) is 67.0 Å². The normalized spacial score (nSPS) is 14.8. The lowest BCUT2D eigenvalue weighted by Gasteiger charge is -2.23. The number of fused-ring (bicyclic) bond motifs is 1. The van der Waals surface area contributed by atoms with Gasteiger partial charge in [-0.25, -0.2) is 13.8 Å². The molecular weight excluding hydrogens is 580 g/mol. The number of nitrogens with one attached hydrogen (secondary N) is 2. The zero-order valence-electron chi connectivity index (χ0n) is 24.9. The summed E-state index contributed by atoms with van der Waals surface area (Å²) in [5, 5.41) is 5.41. The lowest BCUT2D eigenvalue weighted by Crippen LogP contribution is -2.33. The number of aryl methyl sites for hydroxylation is 1. The quantitative estimate of drug-likeness (QED) is 0.191. The van der Waals surface area contributed by atoms with E-state index in [0.717, 1.165) is 11.9 Å². The molecule has 3 amide bonds. The fourth-order valence-corrected chi connectivity index (χ4v) is 5.24. The molecule has 2 heterocycles. The smallest absolute Gasteiger partial charge is 0.275 e. The van der Waals surface area contributed by atoms with Crippen LogP contribution in [0.25, 0.3) is 11.3 Å². The first kappa shape index (κ1) is 31.3. The third kappa shape index (κ3) is 6.83. The van der Waals surface area contributed by atoms with Gasteiger partial charge in [-0.15, -0.1) is 0 Å². The van der Waals surface area contributed by atoms with Crippen LogP contribution in [0.5, 0.6) is 0 Å². The molecule has 0 unspecified atom stereocenters. The van der Waals surface area contributed by atoms with E-state index in [0.29, 0.717) is 23.4 Å². The molecule has 1 aliphatic rings. The molecule has 1 aromatic heterocycles. The number of benzene rings is 3. The Morgan fingerprint density at radius 3 is 2.44 bits per heavy atom. The average molecular weight is 614 g/mol. The summed E-state index contributed by atoms with van der Waals surface area (Å²) in [5.41, 5.74) is 1.76. The van der Waals surface area contributed by atoms with Crippen molar-refractivity contribution < 1.29 is 27.9 Å². The minimum Gasteiger partial charge on any atom is -0.383 e. The van der Waals surface area contributed by atoms with Crippen LogP contribution in [0.3, 0.4) is 0 Å². The predicted octanol–water partition coefficient (Wildman–Crippen LogP) is 5.52. The van der Waals surface area contributed by atoms with Gasteiger partial charge >= 0.3 is 0 Å². The lowest BCUT2D eigenvalue weighted by atomic mass is 9.97. The van der Waals surface area contributed by atoms with Gasteiger partial charge in [0.15, 0.2) is 0 Å². The molecule has 0 spiro atoms. The van der Waals surface area contributed by atoms with Gasteiger partial charge < -0.3 is 24.8 Å². The summed E-state index contributed by atoms with van der Waals surface area (Å²) in [5.74, 6) is -4.04. The number of nitrogens with zero attached hydrogens (tertiary/aromatic N) is 3. The number of methoxy groups -OCH3 is 1. The molecule has 9 nitrogen and oxygen atoms in total. The maximum atomic E-state index is 15.4. The van der Waals surface area contributed by atoms with Gasteiger partial charge in [0, 0.05) is 73.9 Å². The molecule has 0 fully saturated rings. The third-order valence-electron chi connectivity index (χ3n) is 7.49. The average Bonchev–Trinajstić information content (AvgIpc) is 3.49. The minimum atomic E-state index is -3.36. The van der Waals surface area contributed by atoms with Gasteiger partial charge in [-0.1, -0.05) is 37.3 Å². The molecule has 4 aromatic rings. The third-order valence-corrected chi connectivity index (χ3v) is 7.49. The van der Waals surface area contributed by atoms with E-state index in [4.69, 9.17) is 4.74 Å². The van der Waals surface area contributed by atoms with E-state index >= 15 is 8.78 Å². The Bertz CT molecular complexity index is 1730. The predicted molar refractivity (Wildman–Crippen MR) is 168 cm³/mol. The van der Waals surface area contributed by atoms with Crippen molar-refractivity contribution in [3.8, 4) is 5.69 Å². The van der Waals surface area contributed by atoms with Crippen molar-refractivity contribution >= 4 is 34.7 Å². The van der Waals surface area contributed by atoms with Gasteiger partial charge in [0.2, 0.25) is 5.91 Å². The number of alkyl halides is 2. The molecule has 1 aliphatic heterocycles. The van der Waals surface area contributed by atoms with Crippen LogP contribution in [0.15, 0.2) is 91.3 Å². The van der Waals surface area contributed by atoms with Crippen molar-refractivity contribution in [2.45, 2.75) is 25.7 Å². The first-order chi connectivity index (χ1) is 21.7. The van der Waals surface area contributed by atoms with E-state index < -0.39 is 29.7 Å². The number of imidazole rings is 1. The zero-order valence-corrected chi connectivity index (χ0v) is 24.9. The molecule has 5 rings (SSSR count). The number of carbonyl (C=O) groups excluding carboxylic acids is 3. The highest BCUT2D eigenvalue weighted by Crippen LogP contribution is 2.43. The largest absolute Gasteiger partial charge is 0.383 e. The Balaban J connectivity index is 1.37. The number of carbonyl (C=O) groups is 3. The van der Waals surface area contributed by atoms with Gasteiger partial charge in [0.1, 0.15) is 5.82 Å². The van der Waals surface area contributed by atoms with Crippen LogP contribution in [0.2, 0.25) is 0 Å². The van der Waals surface area contributed by atoms with E-state index in [2.05, 4.69) is 15.6 Å². The van der Waals surface area contributed by atoms with Crippen LogP contribution in [0, 0.1) is 0 Å². The second-order valence-corrected chi connectivity index (χ2v) is 10.4. The highest BCUT2D eigenvalue weighted by atomic mass is 19.3. The number of halogens is 2. The highest BCUT2D eigenvalue weighted by molar-refractivity contribution is 6.10. The van der Waals surface area contributed by atoms with Crippen LogP contribution in [0.1, 0.15) is 45.4 Å². The molecule has 0 radical (unpaired) electrons. The van der Waals surface area contributed by atoms with Gasteiger partial charge in [-0.3, -0.25) is 14.4 Å². The zero-order chi connectivity index (χ0) is 32.0. The van der Waals surface area contributed by atoms with Crippen molar-refractivity contribution in [2.75, 3.05) is 37.0 Å². The number of hydrogen-bond acceptors (Lipinski definition) is 5. The fraction of sp³-hybridized carbons (Fsp3) is 0.235. The maximum Gasteiger partial charge on any atom is 0.275 e. The standard InChI is InChI=1S/C34H33F2N5O4/c1-3-30-37-17-20-40(30)29-11-7-5-9-26(29)32(43)39-24-14-12-23(13-15-24)33(44)41-19-16-34(35,36)27(22-31(42)38-18-21-45-2)25-8-4-6-10-28(25)41/h4-15,17,20,22H,3,16,18-19,21H2,1-2H3,(H,38,42)(H,39,43)/b27-22-. The van der Waals surface area contributed by atoms with Gasteiger partial charge in [0.25, 0.3) is 17.7 Å². The molecular formula is C34H33F2N5O4. The second-order valence-electron chi connectivity index (χ2n) is 10.4. The Morgan fingerprint density at radius 2 is 1.71 bits per heavy atom. The summed E-state index contributed by atoms with van der Waals surface area (Å²) in [7, 11) is 1.47. The monoisotopic (exact) mass is 613 g/mol. The van der Waals surface area contributed by atoms with E-state index in [1.165, 1.54) is 18.1 Å². The van der Waals surface area contributed by atoms with Crippen LogP contribution < -0.4 is 15.5 Å². The number of aromatic nitrogens is 2. The summed E-state index contributed by atoms with van der Waals surface area (Å²) >= 11 is 0. The van der Waals surface area contributed by atoms with Crippen molar-refractivity contribution in [1.82, 2.24) is 14.9 Å². The first-order valence-corrected chi connectivity index (χ1v) is 14.5. The molecule has 11 heteroatoms. The molecule has 232 valence electrons. The number of hydrogen-bond donors (Lipinski definition) is 2. The number of rotatable bonds is 9. The molecule has 0 bridgehead atoms. The number of amides is 3. The molecule has 0 saturated carbocycles. The summed E-state index contributed by atoms with van der Waals surface area (Å²) in [6, 6.07) is 19.8. The Morgan fingerprint density at radius 1 is 1.00 bits per heavy atom. The van der Waals surface area contributed by atoms with Crippen molar-refractivity contribution in [3.63, 3.8) is 0 Å². The number of anilines is 2. The minimum absolute atomic E-state index is 0.0990. The molecule has 0 aliphatic carbocycles. The van der Waals surface area contributed by atoms with Crippen molar-refractivity contribution in [1.29, 1.82) is 0 Å². The van der Waals surface area contributed by atoms with Crippen molar-refractivity contribution in [2.24, 2.45) is 0 Å². The summed E-state index contributed by atoms with van der Waals surface area (Å²) in [4.78, 5) is 45.1. The van der Waals surface area contributed by atoms with Gasteiger partial charge in [0.05, 0.1) is 23.5 Å². The topological polar surface area (TPSA) is 106 Å². The molecule has 3 aromatic carbocycles.